The molecule has 9 rings (SSSR count). The van der Waals surface area contributed by atoms with Crippen molar-refractivity contribution in [3.05, 3.63) is 200 Å². The number of aryl methyl sites for hydroxylation is 2. The minimum Gasteiger partial charge on any atom is -0.459 e. The highest BCUT2D eigenvalue weighted by molar-refractivity contribution is 6.03. The normalized spacial score (nSPS) is 20.9. The molecule has 0 unspecified atom stereocenters. The van der Waals surface area contributed by atoms with E-state index >= 15 is 4.79 Å². The molecular weight excluding hydrogens is 969 g/mol. The molecule has 0 bridgehead atoms. The number of hydrogen-bond donors (Lipinski definition) is 2. The molecule has 3 aliphatic rings. The molecule has 6 atom stereocenters. The van der Waals surface area contributed by atoms with Crippen molar-refractivity contribution in [3.8, 4) is 23.0 Å². The molecule has 6 aromatic carbocycles. The second-order valence-corrected chi connectivity index (χ2v) is 19.7. The Labute approximate surface area is 441 Å². The number of oxime groups is 1. The first-order valence-electron chi connectivity index (χ1n) is 25.8. The van der Waals surface area contributed by atoms with Crippen molar-refractivity contribution >= 4 is 34.0 Å². The van der Waals surface area contributed by atoms with E-state index in [9.17, 15) is 30.4 Å². The lowest BCUT2D eigenvalue weighted by molar-refractivity contribution is -0.385. The molecule has 0 saturated heterocycles. The molecule has 1 amide bonds. The van der Waals surface area contributed by atoms with E-state index in [-0.39, 0.29) is 74.3 Å². The number of carbonyl (C=O) groups excluding carboxylic acids is 1. The first kappa shape index (κ1) is 52.9. The molecule has 6 aromatic rings. The van der Waals surface area contributed by atoms with E-state index in [1.54, 1.807) is 23.1 Å². The molecular formula is C60H62N4O12. The van der Waals surface area contributed by atoms with E-state index in [1.165, 1.54) is 36.4 Å². The number of non-ortho nitro benzene ring substituents is 2. The van der Waals surface area contributed by atoms with E-state index in [1.807, 2.05) is 92.7 Å². The third-order valence-electron chi connectivity index (χ3n) is 15.0. The summed E-state index contributed by atoms with van der Waals surface area (Å²) < 4.78 is 27.6. The van der Waals surface area contributed by atoms with Crippen LogP contribution in [0.3, 0.4) is 0 Å². The molecule has 2 N–H and O–H groups in total. The smallest absolute Gasteiger partial charge is 0.416 e. The Kier molecular flexibility index (Phi) is 16.5. The van der Waals surface area contributed by atoms with Crippen LogP contribution in [-0.4, -0.2) is 68.4 Å². The second kappa shape index (κ2) is 23.7. The highest BCUT2D eigenvalue weighted by Gasteiger charge is 2.66. The number of nitrogens with zero attached hydrogens (tertiary/aromatic N) is 4. The maximum atomic E-state index is 15.5. The third-order valence-corrected chi connectivity index (χ3v) is 15.0. The predicted octanol–water partition coefficient (Wildman–Crippen LogP) is 12.6. The van der Waals surface area contributed by atoms with Crippen LogP contribution in [-0.2, 0) is 22.7 Å². The highest BCUT2D eigenvalue weighted by Crippen LogP contribution is 2.62. The molecule has 76 heavy (non-hydrogen) atoms. The zero-order valence-electron chi connectivity index (χ0n) is 42.6. The number of rotatable bonds is 22. The summed E-state index contributed by atoms with van der Waals surface area (Å²) in [6.07, 6.45) is 7.15. The lowest BCUT2D eigenvalue weighted by atomic mass is 9.55. The van der Waals surface area contributed by atoms with E-state index in [2.05, 4.69) is 12.7 Å². The van der Waals surface area contributed by atoms with Gasteiger partial charge in [-0.05, 0) is 145 Å². The maximum absolute atomic E-state index is 15.5. The van der Waals surface area contributed by atoms with Crippen LogP contribution in [0.2, 0.25) is 0 Å². The molecule has 1 saturated carbocycles. The Bertz CT molecular complexity index is 3140. The molecule has 1 heterocycles. The van der Waals surface area contributed by atoms with Gasteiger partial charge in [-0.1, -0.05) is 78.7 Å². The van der Waals surface area contributed by atoms with Gasteiger partial charge in [0.1, 0.15) is 35.6 Å². The lowest BCUT2D eigenvalue weighted by Crippen LogP contribution is -2.70. The molecule has 16 heteroatoms. The fraction of sp³-hybridized carbons (Fsp3) is 0.333. The molecule has 0 spiro atoms. The average molecular weight is 1030 g/mol. The molecule has 0 aromatic heterocycles. The Morgan fingerprint density at radius 1 is 0.816 bits per heavy atom. The molecule has 1 fully saturated rings. The van der Waals surface area contributed by atoms with Crippen LogP contribution >= 0.6 is 0 Å². The van der Waals surface area contributed by atoms with Crippen LogP contribution in [0.4, 0.5) is 16.2 Å². The van der Waals surface area contributed by atoms with Crippen molar-refractivity contribution in [3.63, 3.8) is 0 Å². The summed E-state index contributed by atoms with van der Waals surface area (Å²) in [5, 5.41) is 50.2. The first-order chi connectivity index (χ1) is 36.9. The predicted molar refractivity (Wildman–Crippen MR) is 287 cm³/mol. The molecule has 0 radical (unpaired) electrons. The average Bonchev–Trinajstić information content (AvgIpc) is 3.55. The number of hydrogen-bond acceptors (Lipinski definition) is 13. The van der Waals surface area contributed by atoms with Crippen molar-refractivity contribution in [2.45, 2.75) is 89.7 Å². The Morgan fingerprint density at radius 2 is 1.49 bits per heavy atom. The Hall–Kier alpha value is -7.92. The monoisotopic (exact) mass is 1030 g/mol. The number of aliphatic hydroxyl groups is 2. The van der Waals surface area contributed by atoms with Gasteiger partial charge in [-0.2, -0.15) is 0 Å². The number of ether oxygens (including phenoxy) is 4. The van der Waals surface area contributed by atoms with Crippen molar-refractivity contribution < 1.29 is 48.6 Å². The number of carbonyl (C=O) groups is 1. The van der Waals surface area contributed by atoms with Gasteiger partial charge >= 0.3 is 6.09 Å². The topological polar surface area (TPSA) is 206 Å². The second-order valence-electron chi connectivity index (χ2n) is 19.7. The summed E-state index contributed by atoms with van der Waals surface area (Å²) in [7, 11) is 0. The van der Waals surface area contributed by atoms with Gasteiger partial charge < -0.3 is 34.0 Å². The highest BCUT2D eigenvalue weighted by atomic mass is 16.7. The molecule has 394 valence electrons. The van der Waals surface area contributed by atoms with E-state index < -0.39 is 33.7 Å². The standard InChI is InChI=1S/C60H62N4O12/c1-4-32-72-60-56(62(37-44-15-11-14-42-12-5-6-16-50(42)44)59(67)75-47-26-23-46(24-27-47)64(70)71)36-54(61-73-38-41-19-21-45(22-20-41)63(68)69)52-34-43(13-7-9-30-65)51(17-8-10-31-66)57(58(52)60)53-35-49(28-29-55(53)76-60)74-48-25-18-39(2)40(3)33-48/h4-6,11-12,14-16,18-29,33-35,43,51,56-58,65-66H,1,7-10,13,17,30-32,36-38H2,2-3H3/t43-,51+,56-,57+,58+,60+/m0/s1. The SMILES string of the molecule is C=CCO[C@@]12Oc3ccc(Oc4ccc(C)c(C)c4)cc3[C@H]3[C@H](CCCCO)[C@@H](CCCCO)C=C(C(=NOCc4ccc([N+](=O)[O-])cc4)C[C@@H]1N(Cc1cccc4ccccc14)C(=O)Oc1ccc([N+](=O)[O-])cc1)[C@H]32. The fourth-order valence-electron chi connectivity index (χ4n) is 11.2. The third kappa shape index (κ3) is 11.3. The van der Waals surface area contributed by atoms with Gasteiger partial charge in [-0.15, -0.1) is 6.58 Å². The fourth-order valence-corrected chi connectivity index (χ4v) is 11.2. The molecule has 1 aliphatic heterocycles. The number of amides is 1. The van der Waals surface area contributed by atoms with Gasteiger partial charge in [-0.3, -0.25) is 25.1 Å². The van der Waals surface area contributed by atoms with Gasteiger partial charge in [-0.25, -0.2) is 4.79 Å². The van der Waals surface area contributed by atoms with Crippen molar-refractivity contribution in [2.75, 3.05) is 19.8 Å². The number of allylic oxidation sites excluding steroid dienone is 1. The van der Waals surface area contributed by atoms with Crippen LogP contribution in [0.1, 0.15) is 78.7 Å². The minimum absolute atomic E-state index is 0.00687. The summed E-state index contributed by atoms with van der Waals surface area (Å²) in [6, 6.07) is 35.8. The Morgan fingerprint density at radius 3 is 2.20 bits per heavy atom. The number of benzene rings is 6. The zero-order chi connectivity index (χ0) is 53.3. The van der Waals surface area contributed by atoms with Gasteiger partial charge in [0.05, 0.1) is 34.6 Å². The van der Waals surface area contributed by atoms with Crippen LogP contribution in [0.25, 0.3) is 10.8 Å². The van der Waals surface area contributed by atoms with Gasteiger partial charge in [0.15, 0.2) is 0 Å². The number of unbranched alkanes of at least 4 members (excludes halogenated alkanes) is 2. The summed E-state index contributed by atoms with van der Waals surface area (Å²) in [4.78, 5) is 45.6. The van der Waals surface area contributed by atoms with E-state index in [0.717, 1.165) is 51.4 Å². The van der Waals surface area contributed by atoms with Crippen LogP contribution in [0, 0.1) is 51.8 Å². The first-order valence-corrected chi connectivity index (χ1v) is 25.8. The minimum atomic E-state index is -1.67. The van der Waals surface area contributed by atoms with Crippen LogP contribution in [0.5, 0.6) is 23.0 Å². The van der Waals surface area contributed by atoms with Crippen LogP contribution < -0.4 is 14.2 Å². The van der Waals surface area contributed by atoms with E-state index in [4.69, 9.17) is 28.9 Å². The number of aliphatic hydroxyl groups excluding tert-OH is 2. The summed E-state index contributed by atoms with van der Waals surface area (Å²) in [5.41, 5.74) is 5.58. The molecule has 2 aliphatic carbocycles. The largest absolute Gasteiger partial charge is 0.459 e. The number of fused-ring (bicyclic) bond motifs is 3. The van der Waals surface area contributed by atoms with Crippen LogP contribution in [0.15, 0.2) is 157 Å². The van der Waals surface area contributed by atoms with Crippen molar-refractivity contribution in [1.29, 1.82) is 0 Å². The van der Waals surface area contributed by atoms with Crippen molar-refractivity contribution in [2.24, 2.45) is 22.9 Å². The summed E-state index contributed by atoms with van der Waals surface area (Å²) in [6.45, 7) is 8.17. The van der Waals surface area contributed by atoms with Gasteiger partial charge in [0, 0.05) is 55.4 Å². The Balaban J connectivity index is 1.26. The van der Waals surface area contributed by atoms with Crippen molar-refractivity contribution in [1.82, 2.24) is 4.90 Å². The lowest BCUT2D eigenvalue weighted by Gasteiger charge is -2.59. The molecule has 16 nitrogen and oxygen atoms in total. The zero-order valence-corrected chi connectivity index (χ0v) is 42.6. The number of nitro benzene ring substituents is 2. The quantitative estimate of drug-likeness (QED) is 0.0282. The van der Waals surface area contributed by atoms with Gasteiger partial charge in [0.25, 0.3) is 11.4 Å². The number of nitro groups is 2. The summed E-state index contributed by atoms with van der Waals surface area (Å²) >= 11 is 0. The summed E-state index contributed by atoms with van der Waals surface area (Å²) in [5.74, 6) is -1.05. The van der Waals surface area contributed by atoms with E-state index in [0.29, 0.717) is 54.2 Å². The maximum Gasteiger partial charge on any atom is 0.416 e. The van der Waals surface area contributed by atoms with Gasteiger partial charge in [0.2, 0.25) is 5.79 Å².